The second kappa shape index (κ2) is 11.2. The van der Waals surface area contributed by atoms with Crippen molar-refractivity contribution >= 4 is 81.4 Å². The molecular weight excluding hydrogens is 617 g/mol. The molecule has 3 nitrogen and oxygen atoms in total. The molecule has 10 rings (SSSR count). The maximum absolute atomic E-state index is 6.32. The van der Waals surface area contributed by atoms with E-state index in [2.05, 4.69) is 149 Å². The molecule has 0 fully saturated rings. The number of rotatable bonds is 5. The molecule has 0 radical (unpaired) electrons. The Morgan fingerprint density at radius 3 is 1.96 bits per heavy atom. The van der Waals surface area contributed by atoms with E-state index in [1.807, 2.05) is 41.8 Å². The van der Waals surface area contributed by atoms with Crippen LogP contribution in [0.4, 0.5) is 17.1 Å². The first-order chi connectivity index (χ1) is 24.3. The van der Waals surface area contributed by atoms with Crippen LogP contribution in [0, 0.1) is 0 Å². The Balaban J connectivity index is 1.09. The fourth-order valence-corrected chi connectivity index (χ4v) is 8.18. The smallest absolute Gasteiger partial charge is 0.161 e. The molecule has 10 aromatic rings. The highest BCUT2D eigenvalue weighted by molar-refractivity contribution is 7.25. The molecule has 7 aromatic carbocycles. The van der Waals surface area contributed by atoms with E-state index in [1.54, 1.807) is 0 Å². The normalized spacial score (nSPS) is 11.7. The van der Waals surface area contributed by atoms with Gasteiger partial charge in [-0.3, -0.25) is 4.98 Å². The van der Waals surface area contributed by atoms with Crippen LogP contribution in [0.1, 0.15) is 0 Å². The third-order valence-electron chi connectivity index (χ3n) is 9.52. The summed E-state index contributed by atoms with van der Waals surface area (Å²) in [6.07, 6.45) is 1.87. The van der Waals surface area contributed by atoms with E-state index < -0.39 is 0 Å². The molecular formula is C45H28N2OS. The molecule has 4 heteroatoms. The van der Waals surface area contributed by atoms with Gasteiger partial charge in [0.2, 0.25) is 0 Å². The van der Waals surface area contributed by atoms with E-state index >= 15 is 0 Å². The summed E-state index contributed by atoms with van der Waals surface area (Å²) in [6.45, 7) is 0. The van der Waals surface area contributed by atoms with Crippen LogP contribution in [-0.2, 0) is 0 Å². The maximum atomic E-state index is 6.32. The van der Waals surface area contributed by atoms with Gasteiger partial charge >= 0.3 is 0 Å². The van der Waals surface area contributed by atoms with Crippen molar-refractivity contribution in [2.24, 2.45) is 0 Å². The quantitative estimate of drug-likeness (QED) is 0.187. The number of hydrogen-bond acceptors (Lipinski definition) is 4. The molecule has 0 aliphatic carbocycles. The molecule has 230 valence electrons. The monoisotopic (exact) mass is 644 g/mol. The second-order valence-electron chi connectivity index (χ2n) is 12.4. The van der Waals surface area contributed by atoms with Gasteiger partial charge in [0.15, 0.2) is 5.58 Å². The lowest BCUT2D eigenvalue weighted by Gasteiger charge is -2.26. The number of furan rings is 1. The number of thiophene rings is 1. The van der Waals surface area contributed by atoms with Gasteiger partial charge in [0, 0.05) is 54.4 Å². The molecule has 0 atom stereocenters. The van der Waals surface area contributed by atoms with Gasteiger partial charge in [-0.25, -0.2) is 0 Å². The van der Waals surface area contributed by atoms with Crippen LogP contribution in [0.2, 0.25) is 0 Å². The van der Waals surface area contributed by atoms with Crippen molar-refractivity contribution in [3.8, 4) is 22.3 Å². The summed E-state index contributed by atoms with van der Waals surface area (Å²) >= 11 is 1.84. The molecule has 3 aromatic heterocycles. The van der Waals surface area contributed by atoms with Crippen molar-refractivity contribution in [3.05, 3.63) is 170 Å². The van der Waals surface area contributed by atoms with E-state index in [-0.39, 0.29) is 0 Å². The summed E-state index contributed by atoms with van der Waals surface area (Å²) in [5.41, 5.74) is 10.4. The highest BCUT2D eigenvalue weighted by atomic mass is 32.1. The predicted molar refractivity (Wildman–Crippen MR) is 207 cm³/mol. The van der Waals surface area contributed by atoms with Crippen molar-refractivity contribution in [1.82, 2.24) is 4.98 Å². The Morgan fingerprint density at radius 1 is 0.469 bits per heavy atom. The second-order valence-corrected chi connectivity index (χ2v) is 13.5. The zero-order chi connectivity index (χ0) is 32.3. The lowest BCUT2D eigenvalue weighted by Crippen LogP contribution is -2.09. The fourth-order valence-electron chi connectivity index (χ4n) is 7.09. The van der Waals surface area contributed by atoms with E-state index in [1.165, 1.54) is 42.1 Å². The van der Waals surface area contributed by atoms with Crippen molar-refractivity contribution in [1.29, 1.82) is 0 Å². The summed E-state index contributed by atoms with van der Waals surface area (Å²) in [7, 11) is 0. The van der Waals surface area contributed by atoms with Gasteiger partial charge in [0.25, 0.3) is 0 Å². The Labute approximate surface area is 286 Å². The lowest BCUT2D eigenvalue weighted by atomic mass is 10.0. The summed E-state index contributed by atoms with van der Waals surface area (Å²) in [5.74, 6) is 0. The number of hydrogen-bond donors (Lipinski definition) is 0. The molecule has 0 spiro atoms. The SMILES string of the molecule is c1ccc2cc(-c3ccc(N(c4ccc(-c5ccnc6c5oc5ccccc56)cc4)c4ccc5sc6ccccc6c5c4)cc3)ccc2c1. The number of nitrogens with zero attached hydrogens (tertiary/aromatic N) is 2. The van der Waals surface area contributed by atoms with Crippen LogP contribution in [0.15, 0.2) is 174 Å². The van der Waals surface area contributed by atoms with Gasteiger partial charge in [-0.1, -0.05) is 91.0 Å². The van der Waals surface area contributed by atoms with Crippen LogP contribution in [0.25, 0.3) is 75.3 Å². The number of para-hydroxylation sites is 1. The third kappa shape index (κ3) is 4.68. The minimum absolute atomic E-state index is 0.812. The van der Waals surface area contributed by atoms with E-state index in [0.717, 1.165) is 50.3 Å². The number of pyridine rings is 1. The van der Waals surface area contributed by atoms with Gasteiger partial charge in [0.1, 0.15) is 11.1 Å². The molecule has 49 heavy (non-hydrogen) atoms. The van der Waals surface area contributed by atoms with Gasteiger partial charge in [-0.05, 0) is 100 Å². The summed E-state index contributed by atoms with van der Waals surface area (Å²) < 4.78 is 8.92. The van der Waals surface area contributed by atoms with Crippen molar-refractivity contribution < 1.29 is 4.42 Å². The zero-order valence-corrected chi connectivity index (χ0v) is 27.2. The van der Waals surface area contributed by atoms with Gasteiger partial charge in [-0.2, -0.15) is 0 Å². The van der Waals surface area contributed by atoms with Crippen molar-refractivity contribution in [2.75, 3.05) is 4.90 Å². The van der Waals surface area contributed by atoms with Crippen LogP contribution in [0.3, 0.4) is 0 Å². The number of aromatic nitrogens is 1. The third-order valence-corrected chi connectivity index (χ3v) is 10.7. The summed E-state index contributed by atoms with van der Waals surface area (Å²) in [4.78, 5) is 7.02. The summed E-state index contributed by atoms with van der Waals surface area (Å²) in [5, 5.41) is 6.10. The molecule has 0 bridgehead atoms. The maximum Gasteiger partial charge on any atom is 0.161 e. The van der Waals surface area contributed by atoms with Gasteiger partial charge in [0.05, 0.1) is 0 Å². The first-order valence-electron chi connectivity index (χ1n) is 16.4. The number of fused-ring (bicyclic) bond motifs is 7. The lowest BCUT2D eigenvalue weighted by molar-refractivity contribution is 0.669. The topological polar surface area (TPSA) is 29.3 Å². The van der Waals surface area contributed by atoms with Crippen LogP contribution >= 0.6 is 11.3 Å². The van der Waals surface area contributed by atoms with E-state index in [0.29, 0.717) is 0 Å². The fraction of sp³-hybridized carbons (Fsp3) is 0. The standard InChI is InChI=1S/C45H28N2OS/c1-2-8-32-27-33(14-13-29(32)7-1)30-15-19-34(20-16-30)47(36-23-24-43-40(28-36)38-9-4-6-12-42(38)49-43)35-21-17-31(18-22-35)37-25-26-46-44-39-10-3-5-11-41(39)48-45(37)44/h1-28H. The zero-order valence-electron chi connectivity index (χ0n) is 26.4. The van der Waals surface area contributed by atoms with E-state index in [9.17, 15) is 0 Å². The highest BCUT2D eigenvalue weighted by Gasteiger charge is 2.17. The predicted octanol–water partition coefficient (Wildman–Crippen LogP) is 13.3. The molecule has 0 saturated heterocycles. The number of anilines is 3. The Hall–Kier alpha value is -6.23. The molecule has 0 aliphatic rings. The molecule has 0 aliphatic heterocycles. The first-order valence-corrected chi connectivity index (χ1v) is 17.3. The Morgan fingerprint density at radius 2 is 1.12 bits per heavy atom. The highest BCUT2D eigenvalue weighted by Crippen LogP contribution is 2.42. The Kier molecular flexibility index (Phi) is 6.36. The molecule has 0 saturated carbocycles. The molecule has 0 N–H and O–H groups in total. The minimum atomic E-state index is 0.812. The average Bonchev–Trinajstić information content (AvgIpc) is 3.74. The average molecular weight is 645 g/mol. The van der Waals surface area contributed by atoms with Crippen molar-refractivity contribution in [2.45, 2.75) is 0 Å². The summed E-state index contributed by atoms with van der Waals surface area (Å²) in [6, 6.07) is 58.6. The van der Waals surface area contributed by atoms with Crippen LogP contribution < -0.4 is 4.90 Å². The molecule has 0 amide bonds. The first kappa shape index (κ1) is 27.8. The van der Waals surface area contributed by atoms with Crippen LogP contribution in [0.5, 0.6) is 0 Å². The van der Waals surface area contributed by atoms with E-state index in [4.69, 9.17) is 4.42 Å². The minimum Gasteiger partial charge on any atom is -0.454 e. The Bertz CT molecular complexity index is 2830. The number of benzene rings is 7. The molecule has 0 unspecified atom stereocenters. The largest absolute Gasteiger partial charge is 0.454 e. The van der Waals surface area contributed by atoms with Gasteiger partial charge in [-0.15, -0.1) is 11.3 Å². The molecule has 3 heterocycles. The van der Waals surface area contributed by atoms with Crippen LogP contribution in [-0.4, -0.2) is 4.98 Å². The van der Waals surface area contributed by atoms with Crippen molar-refractivity contribution in [3.63, 3.8) is 0 Å². The van der Waals surface area contributed by atoms with Gasteiger partial charge < -0.3 is 9.32 Å².